The molecule has 0 bridgehead atoms. The first-order chi connectivity index (χ1) is 16.6. The molecule has 1 saturated heterocycles. The molecule has 1 atom stereocenters. The van der Waals surface area contributed by atoms with Crippen molar-refractivity contribution < 1.29 is 9.15 Å². The van der Waals surface area contributed by atoms with Crippen LogP contribution in [0.4, 0.5) is 0 Å². The molecule has 6 rings (SSSR count). The van der Waals surface area contributed by atoms with Crippen molar-refractivity contribution in [1.29, 1.82) is 0 Å². The Morgan fingerprint density at radius 2 is 1.94 bits per heavy atom. The number of H-pyrrole nitrogens is 2. The fraction of sp³-hybridized carbons (Fsp3) is 0.200. The zero-order chi connectivity index (χ0) is 23.1. The van der Waals surface area contributed by atoms with Crippen LogP contribution in [0.2, 0.25) is 0 Å². The van der Waals surface area contributed by atoms with E-state index < -0.39 is 0 Å². The second-order valence-electron chi connectivity index (χ2n) is 8.33. The van der Waals surface area contributed by atoms with Crippen LogP contribution < -0.4 is 5.69 Å². The first kappa shape index (κ1) is 21.2. The minimum atomic E-state index is -0.204. The van der Waals surface area contributed by atoms with Crippen molar-refractivity contribution in [2.24, 2.45) is 0 Å². The maximum absolute atomic E-state index is 11.6. The number of aromatic nitrogens is 4. The minimum Gasteiger partial charge on any atom is -0.472 e. The van der Waals surface area contributed by atoms with Crippen LogP contribution in [-0.2, 0) is 11.2 Å². The summed E-state index contributed by atoms with van der Waals surface area (Å²) in [6, 6.07) is 16.0. The molecule has 3 aromatic heterocycles. The predicted octanol–water partition coefficient (Wildman–Crippen LogP) is 4.64. The van der Waals surface area contributed by atoms with Gasteiger partial charge in [0.15, 0.2) is 0 Å². The number of hydrogen-bond donors (Lipinski definition) is 2. The quantitative estimate of drug-likeness (QED) is 0.341. The molecule has 172 valence electrons. The third-order valence-electron chi connectivity index (χ3n) is 6.15. The highest BCUT2D eigenvalue weighted by Gasteiger charge is 2.31. The van der Waals surface area contributed by atoms with Gasteiger partial charge in [-0.25, -0.2) is 9.48 Å². The van der Waals surface area contributed by atoms with Crippen molar-refractivity contribution in [3.8, 4) is 16.9 Å². The number of halogens is 1. The SMILES string of the molecule is O=c1[nH]c2ccc(CCN3CCOC3c3cn(-c4ccc(Br)cc4)nc3-c3ccoc3)cc2[nH]1. The maximum atomic E-state index is 11.6. The predicted molar refractivity (Wildman–Crippen MR) is 132 cm³/mol. The molecule has 0 radical (unpaired) electrons. The number of nitrogens with zero attached hydrogens (tertiary/aromatic N) is 3. The third kappa shape index (κ3) is 4.02. The topological polar surface area (TPSA) is 92.1 Å². The lowest BCUT2D eigenvalue weighted by atomic mass is 10.1. The third-order valence-corrected chi connectivity index (χ3v) is 6.68. The summed E-state index contributed by atoms with van der Waals surface area (Å²) in [4.78, 5) is 19.5. The van der Waals surface area contributed by atoms with Gasteiger partial charge in [0, 0.05) is 34.9 Å². The monoisotopic (exact) mass is 519 g/mol. The molecular weight excluding hydrogens is 498 g/mol. The van der Waals surface area contributed by atoms with Gasteiger partial charge in [0.1, 0.15) is 11.9 Å². The summed E-state index contributed by atoms with van der Waals surface area (Å²) in [6.45, 7) is 2.31. The summed E-state index contributed by atoms with van der Waals surface area (Å²) in [5.41, 5.74) is 6.37. The molecule has 34 heavy (non-hydrogen) atoms. The first-order valence-electron chi connectivity index (χ1n) is 11.1. The minimum absolute atomic E-state index is 0.185. The Balaban J connectivity index is 1.29. The van der Waals surface area contributed by atoms with E-state index in [4.69, 9.17) is 14.3 Å². The fourth-order valence-corrected chi connectivity index (χ4v) is 4.71. The molecule has 1 aliphatic rings. The number of fused-ring (bicyclic) bond motifs is 1. The van der Waals surface area contributed by atoms with Gasteiger partial charge in [-0.15, -0.1) is 0 Å². The Morgan fingerprint density at radius 1 is 1.09 bits per heavy atom. The molecule has 4 heterocycles. The van der Waals surface area contributed by atoms with Crippen LogP contribution >= 0.6 is 15.9 Å². The summed E-state index contributed by atoms with van der Waals surface area (Å²) in [5, 5.41) is 4.88. The average molecular weight is 520 g/mol. The summed E-state index contributed by atoms with van der Waals surface area (Å²) in [6.07, 6.45) is 6.05. The van der Waals surface area contributed by atoms with Crippen LogP contribution in [0.1, 0.15) is 17.4 Å². The van der Waals surface area contributed by atoms with E-state index in [1.165, 1.54) is 0 Å². The largest absolute Gasteiger partial charge is 0.472 e. The second kappa shape index (κ2) is 8.75. The molecule has 0 spiro atoms. The van der Waals surface area contributed by atoms with Gasteiger partial charge >= 0.3 is 5.69 Å². The average Bonchev–Trinajstić information content (AvgIpc) is 3.63. The molecule has 0 amide bonds. The lowest BCUT2D eigenvalue weighted by molar-refractivity contribution is 0.0336. The molecular formula is C25H22BrN5O3. The van der Waals surface area contributed by atoms with Gasteiger partial charge < -0.3 is 19.1 Å². The molecule has 9 heteroatoms. The Kier molecular flexibility index (Phi) is 5.44. The van der Waals surface area contributed by atoms with E-state index in [1.54, 1.807) is 12.5 Å². The molecule has 0 saturated carbocycles. The molecule has 1 aliphatic heterocycles. The number of rotatable bonds is 6. The van der Waals surface area contributed by atoms with Gasteiger partial charge in [-0.3, -0.25) is 4.90 Å². The number of benzene rings is 2. The highest BCUT2D eigenvalue weighted by atomic mass is 79.9. The van der Waals surface area contributed by atoms with Crippen molar-refractivity contribution in [1.82, 2.24) is 24.6 Å². The number of nitrogens with one attached hydrogen (secondary N) is 2. The molecule has 2 aromatic carbocycles. The van der Waals surface area contributed by atoms with Gasteiger partial charge in [-0.2, -0.15) is 5.10 Å². The van der Waals surface area contributed by atoms with Crippen molar-refractivity contribution in [2.45, 2.75) is 12.6 Å². The Labute approximate surface area is 203 Å². The lowest BCUT2D eigenvalue weighted by Crippen LogP contribution is -2.26. The van der Waals surface area contributed by atoms with Gasteiger partial charge in [0.25, 0.3) is 0 Å². The van der Waals surface area contributed by atoms with Crippen LogP contribution in [0.25, 0.3) is 28.0 Å². The van der Waals surface area contributed by atoms with Crippen molar-refractivity contribution in [3.05, 3.63) is 93.3 Å². The number of furan rings is 1. The standard InChI is InChI=1S/C25H22BrN5O3/c26-18-2-4-19(5-3-18)31-14-20(23(29-31)17-8-11-33-15-17)24-30(10-12-34-24)9-7-16-1-6-21-22(13-16)28-25(32)27-21/h1-6,8,11,13-15,24H,7,9-10,12H2,(H2,27,28,32). The zero-order valence-electron chi connectivity index (χ0n) is 18.2. The van der Waals surface area contributed by atoms with Gasteiger partial charge in [0.2, 0.25) is 0 Å². The van der Waals surface area contributed by atoms with Crippen LogP contribution in [0.5, 0.6) is 0 Å². The Bertz CT molecular complexity index is 1480. The summed E-state index contributed by atoms with van der Waals surface area (Å²) >= 11 is 3.49. The van der Waals surface area contributed by atoms with E-state index in [2.05, 4.69) is 36.9 Å². The fourth-order valence-electron chi connectivity index (χ4n) is 4.45. The number of hydrogen-bond acceptors (Lipinski definition) is 5. The van der Waals surface area contributed by atoms with E-state index in [-0.39, 0.29) is 11.9 Å². The van der Waals surface area contributed by atoms with Crippen molar-refractivity contribution >= 4 is 27.0 Å². The van der Waals surface area contributed by atoms with E-state index >= 15 is 0 Å². The summed E-state index contributed by atoms with van der Waals surface area (Å²) < 4.78 is 14.5. The van der Waals surface area contributed by atoms with E-state index in [0.29, 0.717) is 6.61 Å². The van der Waals surface area contributed by atoms with Crippen LogP contribution in [-0.4, -0.2) is 44.3 Å². The lowest BCUT2D eigenvalue weighted by Gasteiger charge is -2.22. The van der Waals surface area contributed by atoms with Gasteiger partial charge in [0.05, 0.1) is 35.9 Å². The molecule has 2 N–H and O–H groups in total. The molecule has 8 nitrogen and oxygen atoms in total. The molecule has 0 aliphatic carbocycles. The first-order valence-corrected chi connectivity index (χ1v) is 11.9. The summed E-state index contributed by atoms with van der Waals surface area (Å²) in [7, 11) is 0. The Hall–Kier alpha value is -3.40. The van der Waals surface area contributed by atoms with Crippen LogP contribution in [0, 0.1) is 0 Å². The van der Waals surface area contributed by atoms with Gasteiger partial charge in [-0.1, -0.05) is 22.0 Å². The van der Waals surface area contributed by atoms with Crippen LogP contribution in [0.15, 0.2) is 80.9 Å². The Morgan fingerprint density at radius 3 is 2.76 bits per heavy atom. The number of ether oxygens (including phenoxy) is 1. The van der Waals surface area contributed by atoms with E-state index in [1.807, 2.05) is 53.3 Å². The molecule has 1 fully saturated rings. The smallest absolute Gasteiger partial charge is 0.323 e. The highest BCUT2D eigenvalue weighted by Crippen LogP contribution is 2.35. The zero-order valence-corrected chi connectivity index (χ0v) is 19.8. The van der Waals surface area contributed by atoms with Crippen molar-refractivity contribution in [3.63, 3.8) is 0 Å². The van der Waals surface area contributed by atoms with E-state index in [0.717, 1.165) is 63.1 Å². The maximum Gasteiger partial charge on any atom is 0.323 e. The number of imidazole rings is 1. The molecule has 1 unspecified atom stereocenters. The van der Waals surface area contributed by atoms with Crippen LogP contribution in [0.3, 0.4) is 0 Å². The van der Waals surface area contributed by atoms with E-state index in [9.17, 15) is 4.79 Å². The normalized spacial score (nSPS) is 16.6. The second-order valence-corrected chi connectivity index (χ2v) is 9.25. The number of aromatic amines is 2. The van der Waals surface area contributed by atoms with Gasteiger partial charge in [-0.05, 0) is 54.4 Å². The summed E-state index contributed by atoms with van der Waals surface area (Å²) in [5.74, 6) is 0. The molecule has 5 aromatic rings. The van der Waals surface area contributed by atoms with Crippen molar-refractivity contribution in [2.75, 3.05) is 19.7 Å². The highest BCUT2D eigenvalue weighted by molar-refractivity contribution is 9.10.